The van der Waals surface area contributed by atoms with Gasteiger partial charge in [0.25, 0.3) is 0 Å². The van der Waals surface area contributed by atoms with Gasteiger partial charge in [-0.05, 0) is 36.6 Å². The van der Waals surface area contributed by atoms with Gasteiger partial charge in [0.15, 0.2) is 11.6 Å². The molecule has 0 aliphatic rings. The van der Waals surface area contributed by atoms with Gasteiger partial charge < -0.3 is 5.32 Å². The van der Waals surface area contributed by atoms with Crippen LogP contribution >= 0.6 is 23.5 Å². The highest BCUT2D eigenvalue weighted by Crippen LogP contribution is 2.25. The second-order valence-corrected chi connectivity index (χ2v) is 6.01. The minimum atomic E-state index is -0.909. The maximum absolute atomic E-state index is 13.1. The van der Waals surface area contributed by atoms with Crippen LogP contribution in [0.3, 0.4) is 0 Å². The molecule has 0 fully saturated rings. The fourth-order valence-corrected chi connectivity index (χ4v) is 2.92. The van der Waals surface area contributed by atoms with Crippen LogP contribution < -0.4 is 5.32 Å². The highest BCUT2D eigenvalue weighted by Gasteiger charge is 2.08. The molecule has 0 bridgehead atoms. The number of amides is 1. The SMILES string of the molecule is CSc1ccccc1NC(=O)CSc1ccc(F)c(F)c1. The van der Waals surface area contributed by atoms with Crippen molar-refractivity contribution in [3.63, 3.8) is 0 Å². The summed E-state index contributed by atoms with van der Waals surface area (Å²) in [5, 5.41) is 2.81. The van der Waals surface area contributed by atoms with E-state index in [0.717, 1.165) is 34.5 Å². The Bertz CT molecular complexity index is 649. The fraction of sp³-hybridized carbons (Fsp3) is 0.133. The van der Waals surface area contributed by atoms with Crippen molar-refractivity contribution in [1.82, 2.24) is 0 Å². The molecule has 2 rings (SSSR count). The van der Waals surface area contributed by atoms with Crippen LogP contribution in [-0.2, 0) is 4.79 Å². The molecular weight excluding hydrogens is 312 g/mol. The summed E-state index contributed by atoms with van der Waals surface area (Å²) in [4.78, 5) is 13.4. The van der Waals surface area contributed by atoms with Crippen LogP contribution in [0.5, 0.6) is 0 Å². The molecular formula is C15H13F2NOS2. The number of rotatable bonds is 5. The third-order valence-corrected chi connectivity index (χ3v) is 4.43. The van der Waals surface area contributed by atoms with E-state index in [1.165, 1.54) is 6.07 Å². The standard InChI is InChI=1S/C15H13F2NOS2/c1-20-14-5-3-2-4-13(14)18-15(19)9-21-10-6-7-11(16)12(17)8-10/h2-8H,9H2,1H3,(H,18,19). The van der Waals surface area contributed by atoms with Gasteiger partial charge in [-0.15, -0.1) is 23.5 Å². The molecule has 110 valence electrons. The maximum Gasteiger partial charge on any atom is 0.234 e. The molecule has 0 heterocycles. The first kappa shape index (κ1) is 15.9. The van der Waals surface area contributed by atoms with E-state index in [1.54, 1.807) is 11.8 Å². The summed E-state index contributed by atoms with van der Waals surface area (Å²) in [5.74, 6) is -1.86. The molecule has 0 spiro atoms. The normalized spacial score (nSPS) is 10.4. The quantitative estimate of drug-likeness (QED) is 0.825. The molecule has 0 atom stereocenters. The average Bonchev–Trinajstić information content (AvgIpc) is 2.49. The number of halogens is 2. The summed E-state index contributed by atoms with van der Waals surface area (Å²) in [6.07, 6.45) is 1.93. The number of hydrogen-bond donors (Lipinski definition) is 1. The van der Waals surface area contributed by atoms with Crippen molar-refractivity contribution in [3.05, 3.63) is 54.1 Å². The Morgan fingerprint density at radius 3 is 2.62 bits per heavy atom. The van der Waals surface area contributed by atoms with Gasteiger partial charge in [-0.1, -0.05) is 12.1 Å². The van der Waals surface area contributed by atoms with Crippen LogP contribution in [0.25, 0.3) is 0 Å². The Kier molecular flexibility index (Phi) is 5.64. The number of hydrogen-bond acceptors (Lipinski definition) is 3. The van der Waals surface area contributed by atoms with E-state index in [-0.39, 0.29) is 11.7 Å². The first-order chi connectivity index (χ1) is 10.1. The molecule has 0 aromatic heterocycles. The zero-order chi connectivity index (χ0) is 15.2. The first-order valence-corrected chi connectivity index (χ1v) is 8.32. The monoisotopic (exact) mass is 325 g/mol. The first-order valence-electron chi connectivity index (χ1n) is 6.11. The van der Waals surface area contributed by atoms with E-state index in [4.69, 9.17) is 0 Å². The smallest absolute Gasteiger partial charge is 0.234 e. The van der Waals surface area contributed by atoms with Crippen LogP contribution in [0.1, 0.15) is 0 Å². The summed E-state index contributed by atoms with van der Waals surface area (Å²) in [6.45, 7) is 0. The minimum Gasteiger partial charge on any atom is -0.324 e. The number of thioether (sulfide) groups is 2. The number of para-hydroxylation sites is 1. The Morgan fingerprint density at radius 1 is 1.14 bits per heavy atom. The van der Waals surface area contributed by atoms with Gasteiger partial charge in [0.2, 0.25) is 5.91 Å². The zero-order valence-corrected chi connectivity index (χ0v) is 12.9. The third kappa shape index (κ3) is 4.47. The molecule has 0 saturated carbocycles. The van der Waals surface area contributed by atoms with E-state index in [1.807, 2.05) is 30.5 Å². The second-order valence-electron chi connectivity index (χ2n) is 4.11. The molecule has 1 amide bonds. The molecule has 0 aliphatic heterocycles. The Morgan fingerprint density at radius 2 is 1.90 bits per heavy atom. The van der Waals surface area contributed by atoms with Crippen molar-refractivity contribution in [2.75, 3.05) is 17.3 Å². The summed E-state index contributed by atoms with van der Waals surface area (Å²) in [5.41, 5.74) is 0.751. The summed E-state index contributed by atoms with van der Waals surface area (Å²) in [7, 11) is 0. The van der Waals surface area contributed by atoms with Gasteiger partial charge in [-0.3, -0.25) is 4.79 Å². The molecule has 1 N–H and O–H groups in total. The number of nitrogens with one attached hydrogen (secondary N) is 1. The lowest BCUT2D eigenvalue weighted by Crippen LogP contribution is -2.14. The lowest BCUT2D eigenvalue weighted by atomic mass is 10.3. The summed E-state index contributed by atoms with van der Waals surface area (Å²) < 4.78 is 25.9. The van der Waals surface area contributed by atoms with Crippen molar-refractivity contribution >= 4 is 35.1 Å². The molecule has 0 radical (unpaired) electrons. The molecule has 6 heteroatoms. The van der Waals surface area contributed by atoms with Gasteiger partial charge in [0.1, 0.15) is 0 Å². The van der Waals surface area contributed by atoms with E-state index in [9.17, 15) is 13.6 Å². The Hall–Kier alpha value is -1.53. The lowest BCUT2D eigenvalue weighted by molar-refractivity contribution is -0.113. The van der Waals surface area contributed by atoms with Gasteiger partial charge in [0, 0.05) is 9.79 Å². The highest BCUT2D eigenvalue weighted by atomic mass is 32.2. The minimum absolute atomic E-state index is 0.133. The van der Waals surface area contributed by atoms with Crippen molar-refractivity contribution in [2.24, 2.45) is 0 Å². The van der Waals surface area contributed by atoms with Crippen LogP contribution in [0, 0.1) is 11.6 Å². The van der Waals surface area contributed by atoms with Crippen molar-refractivity contribution < 1.29 is 13.6 Å². The summed E-state index contributed by atoms with van der Waals surface area (Å²) in [6, 6.07) is 11.1. The second kappa shape index (κ2) is 7.47. The number of carbonyl (C=O) groups is 1. The predicted octanol–water partition coefficient (Wildman–Crippen LogP) is 4.42. The van der Waals surface area contributed by atoms with Gasteiger partial charge >= 0.3 is 0 Å². The van der Waals surface area contributed by atoms with Crippen LogP contribution in [-0.4, -0.2) is 17.9 Å². The maximum atomic E-state index is 13.1. The molecule has 2 aromatic rings. The van der Waals surface area contributed by atoms with E-state index in [0.29, 0.717) is 4.90 Å². The molecule has 2 nitrogen and oxygen atoms in total. The third-order valence-electron chi connectivity index (χ3n) is 2.64. The Balaban J connectivity index is 1.94. The van der Waals surface area contributed by atoms with Gasteiger partial charge in [-0.25, -0.2) is 8.78 Å². The molecule has 0 unspecified atom stereocenters. The van der Waals surface area contributed by atoms with Crippen LogP contribution in [0.15, 0.2) is 52.3 Å². The number of benzene rings is 2. The molecule has 2 aromatic carbocycles. The molecule has 0 saturated heterocycles. The molecule has 0 aliphatic carbocycles. The number of carbonyl (C=O) groups excluding carboxylic acids is 1. The van der Waals surface area contributed by atoms with E-state index < -0.39 is 11.6 Å². The summed E-state index contributed by atoms with van der Waals surface area (Å²) >= 11 is 2.70. The highest BCUT2D eigenvalue weighted by molar-refractivity contribution is 8.00. The lowest BCUT2D eigenvalue weighted by Gasteiger charge is -2.09. The van der Waals surface area contributed by atoms with Crippen molar-refractivity contribution in [2.45, 2.75) is 9.79 Å². The van der Waals surface area contributed by atoms with Crippen molar-refractivity contribution in [3.8, 4) is 0 Å². The van der Waals surface area contributed by atoms with Crippen LogP contribution in [0.2, 0.25) is 0 Å². The van der Waals surface area contributed by atoms with Gasteiger partial charge in [0.05, 0.1) is 11.4 Å². The topological polar surface area (TPSA) is 29.1 Å². The zero-order valence-electron chi connectivity index (χ0n) is 11.2. The number of anilines is 1. The largest absolute Gasteiger partial charge is 0.324 e. The fourth-order valence-electron chi connectivity index (χ4n) is 1.65. The van der Waals surface area contributed by atoms with E-state index in [2.05, 4.69) is 5.32 Å². The Labute approximate surface area is 130 Å². The average molecular weight is 325 g/mol. The van der Waals surface area contributed by atoms with Gasteiger partial charge in [-0.2, -0.15) is 0 Å². The predicted molar refractivity (Wildman–Crippen MR) is 83.9 cm³/mol. The molecule has 21 heavy (non-hydrogen) atoms. The van der Waals surface area contributed by atoms with Crippen molar-refractivity contribution in [1.29, 1.82) is 0 Å². The van der Waals surface area contributed by atoms with Crippen LogP contribution in [0.4, 0.5) is 14.5 Å². The van der Waals surface area contributed by atoms with E-state index >= 15 is 0 Å².